The summed E-state index contributed by atoms with van der Waals surface area (Å²) in [6.07, 6.45) is 0.633. The number of carbonyl (C=O) groups is 1. The monoisotopic (exact) mass is 170 g/mol. The zero-order chi connectivity index (χ0) is 9.14. The number of likely N-dealkylation sites (N-methyl/N-ethyl adjacent to an activating group) is 1. The van der Waals surface area contributed by atoms with E-state index in [1.807, 2.05) is 11.8 Å². The zero-order valence-corrected chi connectivity index (χ0v) is 8.21. The van der Waals surface area contributed by atoms with Crippen molar-refractivity contribution in [3.05, 3.63) is 0 Å². The van der Waals surface area contributed by atoms with E-state index >= 15 is 0 Å². The van der Waals surface area contributed by atoms with Crippen LogP contribution in [0.25, 0.3) is 0 Å². The normalized spacial score (nSPS) is 25.9. The van der Waals surface area contributed by atoms with Gasteiger partial charge in [-0.25, -0.2) is 0 Å². The van der Waals surface area contributed by atoms with Crippen molar-refractivity contribution in [3.8, 4) is 0 Å². The molecule has 1 aliphatic rings. The summed E-state index contributed by atoms with van der Waals surface area (Å²) in [5, 5.41) is 0. The number of rotatable bonds is 1. The molecule has 0 aromatic rings. The van der Waals surface area contributed by atoms with E-state index in [1.54, 1.807) is 0 Å². The molecule has 3 heteroatoms. The highest BCUT2D eigenvalue weighted by Crippen LogP contribution is 2.08. The largest absolute Gasteiger partial charge is 0.337 e. The number of hydrogen-bond donors (Lipinski definition) is 0. The number of amides is 1. The van der Waals surface area contributed by atoms with Crippen LogP contribution in [-0.2, 0) is 4.79 Å². The molecule has 0 saturated carbocycles. The fraction of sp³-hybridized carbons (Fsp3) is 0.889. The molecular weight excluding hydrogens is 152 g/mol. The number of hydrogen-bond acceptors (Lipinski definition) is 2. The summed E-state index contributed by atoms with van der Waals surface area (Å²) >= 11 is 0. The molecule has 1 heterocycles. The minimum Gasteiger partial charge on any atom is -0.337 e. The minimum atomic E-state index is 0.288. The highest BCUT2D eigenvalue weighted by atomic mass is 16.2. The summed E-state index contributed by atoms with van der Waals surface area (Å²) in [6, 6.07) is 0.385. The van der Waals surface area contributed by atoms with E-state index in [0.29, 0.717) is 12.5 Å². The van der Waals surface area contributed by atoms with Crippen molar-refractivity contribution in [2.24, 2.45) is 0 Å². The average molecular weight is 170 g/mol. The first-order valence-corrected chi connectivity index (χ1v) is 4.63. The van der Waals surface area contributed by atoms with Gasteiger partial charge in [-0.1, -0.05) is 6.92 Å². The Balaban J connectivity index is 2.50. The van der Waals surface area contributed by atoms with Crippen molar-refractivity contribution in [1.82, 2.24) is 9.80 Å². The quantitative estimate of drug-likeness (QED) is 0.574. The second kappa shape index (κ2) is 3.90. The Morgan fingerprint density at radius 3 is 2.67 bits per heavy atom. The molecule has 1 atom stereocenters. The minimum absolute atomic E-state index is 0.288. The Hall–Kier alpha value is -0.570. The van der Waals surface area contributed by atoms with Crippen LogP contribution in [-0.4, -0.2) is 48.4 Å². The van der Waals surface area contributed by atoms with Crippen LogP contribution in [0, 0.1) is 0 Å². The van der Waals surface area contributed by atoms with E-state index in [-0.39, 0.29) is 5.91 Å². The van der Waals surface area contributed by atoms with Gasteiger partial charge < -0.3 is 9.80 Å². The summed E-state index contributed by atoms with van der Waals surface area (Å²) in [6.45, 7) is 6.95. The van der Waals surface area contributed by atoms with Crippen molar-refractivity contribution < 1.29 is 4.79 Å². The summed E-state index contributed by atoms with van der Waals surface area (Å²) in [5.74, 6) is 0.288. The topological polar surface area (TPSA) is 23.6 Å². The Bertz CT molecular complexity index is 170. The fourth-order valence-electron chi connectivity index (χ4n) is 1.71. The molecule has 0 unspecified atom stereocenters. The molecule has 0 aliphatic carbocycles. The lowest BCUT2D eigenvalue weighted by Crippen LogP contribution is -2.52. The molecule has 0 aromatic carbocycles. The van der Waals surface area contributed by atoms with Gasteiger partial charge in [0.05, 0.1) is 0 Å². The molecule has 3 nitrogen and oxygen atoms in total. The standard InChI is InChI=1S/C9H18N2O/c1-4-9(12)11-6-5-10(3)7-8(11)2/h8H,4-7H2,1-3H3/t8-/m1/s1. The highest BCUT2D eigenvalue weighted by Gasteiger charge is 2.23. The summed E-state index contributed by atoms with van der Waals surface area (Å²) in [4.78, 5) is 15.6. The molecule has 1 aliphatic heterocycles. The molecule has 70 valence electrons. The van der Waals surface area contributed by atoms with Gasteiger partial charge in [0, 0.05) is 32.1 Å². The van der Waals surface area contributed by atoms with Gasteiger partial charge >= 0.3 is 0 Å². The van der Waals surface area contributed by atoms with Gasteiger partial charge in [-0.15, -0.1) is 0 Å². The van der Waals surface area contributed by atoms with Gasteiger partial charge in [-0.3, -0.25) is 4.79 Å². The third-order valence-corrected chi connectivity index (χ3v) is 2.45. The van der Waals surface area contributed by atoms with E-state index in [2.05, 4.69) is 18.9 Å². The van der Waals surface area contributed by atoms with Crippen LogP contribution in [0.5, 0.6) is 0 Å². The molecule has 0 spiro atoms. The Kier molecular flexibility index (Phi) is 3.09. The number of piperazine rings is 1. The maximum atomic E-state index is 11.4. The van der Waals surface area contributed by atoms with Gasteiger partial charge in [0.2, 0.25) is 5.91 Å². The van der Waals surface area contributed by atoms with E-state index in [4.69, 9.17) is 0 Å². The van der Waals surface area contributed by atoms with E-state index in [9.17, 15) is 4.79 Å². The van der Waals surface area contributed by atoms with Crippen LogP contribution in [0.15, 0.2) is 0 Å². The molecule has 1 amide bonds. The molecular formula is C9H18N2O. The van der Waals surface area contributed by atoms with Crippen LogP contribution >= 0.6 is 0 Å². The van der Waals surface area contributed by atoms with Gasteiger partial charge in [-0.2, -0.15) is 0 Å². The van der Waals surface area contributed by atoms with Gasteiger partial charge in [0.15, 0.2) is 0 Å². The zero-order valence-electron chi connectivity index (χ0n) is 8.21. The molecule has 12 heavy (non-hydrogen) atoms. The van der Waals surface area contributed by atoms with Crippen LogP contribution in [0.4, 0.5) is 0 Å². The molecule has 1 saturated heterocycles. The fourth-order valence-corrected chi connectivity index (χ4v) is 1.71. The third kappa shape index (κ3) is 1.97. The lowest BCUT2D eigenvalue weighted by atomic mass is 10.2. The maximum Gasteiger partial charge on any atom is 0.222 e. The predicted molar refractivity (Wildman–Crippen MR) is 49.0 cm³/mol. The highest BCUT2D eigenvalue weighted by molar-refractivity contribution is 5.76. The van der Waals surface area contributed by atoms with Crippen LogP contribution < -0.4 is 0 Å². The van der Waals surface area contributed by atoms with Crippen molar-refractivity contribution in [2.75, 3.05) is 26.7 Å². The molecule has 0 bridgehead atoms. The Labute approximate surface area is 74.3 Å². The Morgan fingerprint density at radius 2 is 2.17 bits per heavy atom. The van der Waals surface area contributed by atoms with Gasteiger partial charge in [0.25, 0.3) is 0 Å². The molecule has 1 rings (SSSR count). The lowest BCUT2D eigenvalue weighted by molar-refractivity contribution is -0.135. The average Bonchev–Trinajstić information content (AvgIpc) is 2.03. The van der Waals surface area contributed by atoms with Crippen molar-refractivity contribution in [2.45, 2.75) is 26.3 Å². The molecule has 1 fully saturated rings. The van der Waals surface area contributed by atoms with Crippen LogP contribution in [0.2, 0.25) is 0 Å². The summed E-state index contributed by atoms with van der Waals surface area (Å²) < 4.78 is 0. The van der Waals surface area contributed by atoms with E-state index in [1.165, 1.54) is 0 Å². The summed E-state index contributed by atoms with van der Waals surface area (Å²) in [5.41, 5.74) is 0. The second-order valence-corrected chi connectivity index (χ2v) is 3.55. The van der Waals surface area contributed by atoms with E-state index in [0.717, 1.165) is 19.6 Å². The van der Waals surface area contributed by atoms with Gasteiger partial charge in [0.1, 0.15) is 0 Å². The maximum absolute atomic E-state index is 11.4. The van der Waals surface area contributed by atoms with Crippen LogP contribution in [0.3, 0.4) is 0 Å². The first-order chi connectivity index (χ1) is 5.65. The third-order valence-electron chi connectivity index (χ3n) is 2.45. The second-order valence-electron chi connectivity index (χ2n) is 3.55. The van der Waals surface area contributed by atoms with Crippen LogP contribution in [0.1, 0.15) is 20.3 Å². The number of nitrogens with zero attached hydrogens (tertiary/aromatic N) is 2. The first kappa shape index (κ1) is 9.52. The first-order valence-electron chi connectivity index (χ1n) is 4.63. The predicted octanol–water partition coefficient (Wildman–Crippen LogP) is 0.559. The molecule has 0 aromatic heterocycles. The smallest absolute Gasteiger partial charge is 0.222 e. The summed E-state index contributed by atoms with van der Waals surface area (Å²) in [7, 11) is 2.10. The van der Waals surface area contributed by atoms with Crippen molar-refractivity contribution in [3.63, 3.8) is 0 Å². The van der Waals surface area contributed by atoms with Crippen molar-refractivity contribution in [1.29, 1.82) is 0 Å². The molecule has 0 N–H and O–H groups in total. The SMILES string of the molecule is CCC(=O)N1CCN(C)C[C@H]1C. The number of carbonyl (C=O) groups excluding carboxylic acids is 1. The van der Waals surface area contributed by atoms with E-state index < -0.39 is 0 Å². The molecule has 0 radical (unpaired) electrons. The van der Waals surface area contributed by atoms with Crippen molar-refractivity contribution >= 4 is 5.91 Å². The van der Waals surface area contributed by atoms with Gasteiger partial charge in [-0.05, 0) is 14.0 Å². The lowest BCUT2D eigenvalue weighted by Gasteiger charge is -2.38. The Morgan fingerprint density at radius 1 is 1.50 bits per heavy atom.